The number of aryl methyl sites for hydroxylation is 1. The van der Waals surface area contributed by atoms with Gasteiger partial charge in [-0.15, -0.1) is 0 Å². The number of benzene rings is 1. The quantitative estimate of drug-likeness (QED) is 0.799. The first kappa shape index (κ1) is 18.3. The molecular formula is C17H22N4O4. The average Bonchev–Trinajstić information content (AvgIpc) is 2.59. The fraction of sp³-hybridized carbons (Fsp3) is 0.353. The third-order valence-corrected chi connectivity index (χ3v) is 3.22. The van der Waals surface area contributed by atoms with Crippen LogP contribution in [-0.2, 0) is 0 Å². The van der Waals surface area contributed by atoms with Gasteiger partial charge >= 0.3 is 12.0 Å². The molecule has 1 aromatic carbocycles. The van der Waals surface area contributed by atoms with Crippen molar-refractivity contribution in [2.45, 2.75) is 20.8 Å². The molecule has 1 aromatic heterocycles. The highest BCUT2D eigenvalue weighted by Gasteiger charge is 2.13. The van der Waals surface area contributed by atoms with E-state index in [2.05, 4.69) is 20.6 Å². The summed E-state index contributed by atoms with van der Waals surface area (Å²) in [5.74, 6) is 0.976. The Hall–Kier alpha value is -3.03. The maximum atomic E-state index is 12.3. The molecule has 0 saturated heterocycles. The Morgan fingerprint density at radius 3 is 2.48 bits per heavy atom. The lowest BCUT2D eigenvalue weighted by Gasteiger charge is -2.13. The highest BCUT2D eigenvalue weighted by Crippen LogP contribution is 2.24. The first-order valence-corrected chi connectivity index (χ1v) is 7.92. The molecule has 1 heterocycles. The smallest absolute Gasteiger partial charge is 0.323 e. The highest BCUT2D eigenvalue weighted by atomic mass is 16.5. The largest absolute Gasteiger partial charge is 0.497 e. The Balaban J connectivity index is 2.11. The van der Waals surface area contributed by atoms with E-state index in [1.165, 1.54) is 6.20 Å². The van der Waals surface area contributed by atoms with Crippen LogP contribution in [0, 0.1) is 6.92 Å². The topological polar surface area (TPSA) is 94.6 Å². The molecule has 0 fully saturated rings. The van der Waals surface area contributed by atoms with E-state index in [4.69, 9.17) is 14.2 Å². The van der Waals surface area contributed by atoms with Crippen LogP contribution in [0.3, 0.4) is 0 Å². The summed E-state index contributed by atoms with van der Waals surface area (Å²) in [7, 11) is 1.59. The van der Waals surface area contributed by atoms with Crippen LogP contribution < -0.4 is 24.8 Å². The van der Waals surface area contributed by atoms with Crippen molar-refractivity contribution in [3.05, 3.63) is 30.0 Å². The van der Waals surface area contributed by atoms with Gasteiger partial charge in [0.25, 0.3) is 0 Å². The predicted molar refractivity (Wildman–Crippen MR) is 94.7 cm³/mol. The van der Waals surface area contributed by atoms with Crippen LogP contribution in [0.4, 0.5) is 16.2 Å². The minimum atomic E-state index is -0.429. The van der Waals surface area contributed by atoms with Gasteiger partial charge in [-0.2, -0.15) is 4.98 Å². The molecule has 0 saturated carbocycles. The van der Waals surface area contributed by atoms with Gasteiger partial charge in [-0.05, 0) is 44.5 Å². The SMILES string of the molecule is CCOc1ncc(NC(=O)Nc2ccc(OC)cc2C)c(OCC)n1. The number of carbonyl (C=O) groups excluding carboxylic acids is 1. The van der Waals surface area contributed by atoms with Crippen molar-refractivity contribution in [3.63, 3.8) is 0 Å². The predicted octanol–water partition coefficient (Wildman–Crippen LogP) is 3.24. The van der Waals surface area contributed by atoms with E-state index in [0.29, 0.717) is 24.6 Å². The third kappa shape index (κ3) is 4.97. The van der Waals surface area contributed by atoms with Crippen molar-refractivity contribution in [2.75, 3.05) is 31.0 Å². The van der Waals surface area contributed by atoms with Gasteiger partial charge in [0, 0.05) is 5.69 Å². The van der Waals surface area contributed by atoms with Crippen molar-refractivity contribution in [2.24, 2.45) is 0 Å². The standard InChI is InChI=1S/C17H22N4O4/c1-5-24-15-14(10-18-17(21-15)25-6-2)20-16(22)19-13-8-7-12(23-4)9-11(13)3/h7-10H,5-6H2,1-4H3,(H2,19,20,22). The summed E-state index contributed by atoms with van der Waals surface area (Å²) in [6.45, 7) is 6.38. The zero-order valence-corrected chi connectivity index (χ0v) is 14.8. The zero-order valence-electron chi connectivity index (χ0n) is 14.8. The maximum Gasteiger partial charge on any atom is 0.323 e. The summed E-state index contributed by atoms with van der Waals surface area (Å²) in [5, 5.41) is 5.45. The third-order valence-electron chi connectivity index (χ3n) is 3.22. The molecule has 0 aliphatic carbocycles. The van der Waals surface area contributed by atoms with Gasteiger partial charge in [-0.1, -0.05) is 0 Å². The fourth-order valence-electron chi connectivity index (χ4n) is 2.06. The highest BCUT2D eigenvalue weighted by molar-refractivity contribution is 6.00. The van der Waals surface area contributed by atoms with E-state index < -0.39 is 6.03 Å². The van der Waals surface area contributed by atoms with Crippen molar-refractivity contribution in [1.82, 2.24) is 9.97 Å². The number of nitrogens with zero attached hydrogens (tertiary/aromatic N) is 2. The molecule has 8 nitrogen and oxygen atoms in total. The number of amides is 2. The molecule has 2 N–H and O–H groups in total. The van der Waals surface area contributed by atoms with E-state index >= 15 is 0 Å². The molecule has 134 valence electrons. The second-order valence-corrected chi connectivity index (χ2v) is 5.00. The Labute approximate surface area is 146 Å². The monoisotopic (exact) mass is 346 g/mol. The molecule has 0 atom stereocenters. The molecule has 0 aliphatic heterocycles. The minimum Gasteiger partial charge on any atom is -0.497 e. The van der Waals surface area contributed by atoms with Gasteiger partial charge in [-0.3, -0.25) is 0 Å². The van der Waals surface area contributed by atoms with E-state index in [1.54, 1.807) is 19.2 Å². The van der Waals surface area contributed by atoms with Gasteiger partial charge in [-0.25, -0.2) is 9.78 Å². The van der Waals surface area contributed by atoms with Crippen LogP contribution in [-0.4, -0.2) is 36.3 Å². The molecule has 0 bridgehead atoms. The first-order valence-electron chi connectivity index (χ1n) is 7.92. The van der Waals surface area contributed by atoms with Gasteiger partial charge in [0.15, 0.2) is 0 Å². The first-order chi connectivity index (χ1) is 12.1. The lowest BCUT2D eigenvalue weighted by atomic mass is 10.2. The van der Waals surface area contributed by atoms with Crippen molar-refractivity contribution >= 4 is 17.4 Å². The van der Waals surface area contributed by atoms with Crippen LogP contribution in [0.15, 0.2) is 24.4 Å². The number of ether oxygens (including phenoxy) is 3. The molecule has 2 rings (SSSR count). The molecule has 0 aliphatic rings. The minimum absolute atomic E-state index is 0.197. The van der Waals surface area contributed by atoms with E-state index in [-0.39, 0.29) is 11.9 Å². The van der Waals surface area contributed by atoms with Gasteiger partial charge in [0.05, 0.1) is 26.5 Å². The molecular weight excluding hydrogens is 324 g/mol. The van der Waals surface area contributed by atoms with Crippen LogP contribution in [0.2, 0.25) is 0 Å². The summed E-state index contributed by atoms with van der Waals surface area (Å²) < 4.78 is 15.8. The number of aromatic nitrogens is 2. The maximum absolute atomic E-state index is 12.3. The summed E-state index contributed by atoms with van der Waals surface area (Å²) >= 11 is 0. The Morgan fingerprint density at radius 2 is 1.84 bits per heavy atom. The van der Waals surface area contributed by atoms with Crippen LogP contribution in [0.1, 0.15) is 19.4 Å². The second kappa shape index (κ2) is 8.72. The van der Waals surface area contributed by atoms with Gasteiger partial charge < -0.3 is 24.8 Å². The molecule has 0 unspecified atom stereocenters. The molecule has 0 radical (unpaired) electrons. The summed E-state index contributed by atoms with van der Waals surface area (Å²) in [4.78, 5) is 20.4. The number of hydrogen-bond acceptors (Lipinski definition) is 6. The van der Waals surface area contributed by atoms with E-state index in [9.17, 15) is 4.79 Å². The summed E-state index contributed by atoms with van der Waals surface area (Å²) in [6.07, 6.45) is 1.45. The number of anilines is 2. The average molecular weight is 346 g/mol. The number of carbonyl (C=O) groups is 1. The van der Waals surface area contributed by atoms with Gasteiger partial charge in [0.2, 0.25) is 5.88 Å². The Bertz CT molecular complexity index is 737. The molecule has 2 amide bonds. The summed E-state index contributed by atoms with van der Waals surface area (Å²) in [5.41, 5.74) is 1.90. The number of urea groups is 1. The van der Waals surface area contributed by atoms with Crippen molar-refractivity contribution in [1.29, 1.82) is 0 Å². The van der Waals surface area contributed by atoms with Crippen LogP contribution in [0.5, 0.6) is 17.6 Å². The second-order valence-electron chi connectivity index (χ2n) is 5.00. The van der Waals surface area contributed by atoms with Crippen LogP contribution in [0.25, 0.3) is 0 Å². The zero-order chi connectivity index (χ0) is 18.2. The number of hydrogen-bond donors (Lipinski definition) is 2. The number of nitrogens with one attached hydrogen (secondary N) is 2. The summed E-state index contributed by atoms with van der Waals surface area (Å²) in [6, 6.07) is 5.14. The molecule has 2 aromatic rings. The Kier molecular flexibility index (Phi) is 6.39. The van der Waals surface area contributed by atoms with E-state index in [1.807, 2.05) is 26.8 Å². The van der Waals surface area contributed by atoms with E-state index in [0.717, 1.165) is 11.3 Å². The number of rotatable bonds is 7. The molecule has 0 spiro atoms. The van der Waals surface area contributed by atoms with Crippen molar-refractivity contribution < 1.29 is 19.0 Å². The number of methoxy groups -OCH3 is 1. The van der Waals surface area contributed by atoms with Crippen LogP contribution >= 0.6 is 0 Å². The normalized spacial score (nSPS) is 10.1. The lowest BCUT2D eigenvalue weighted by Crippen LogP contribution is -2.21. The molecule has 25 heavy (non-hydrogen) atoms. The van der Waals surface area contributed by atoms with Crippen molar-refractivity contribution in [3.8, 4) is 17.6 Å². The molecule has 8 heteroatoms. The van der Waals surface area contributed by atoms with Gasteiger partial charge in [0.1, 0.15) is 11.4 Å². The lowest BCUT2D eigenvalue weighted by molar-refractivity contribution is 0.261. The fourth-order valence-corrected chi connectivity index (χ4v) is 2.06. The Morgan fingerprint density at radius 1 is 1.12 bits per heavy atom.